The van der Waals surface area contributed by atoms with E-state index in [1.54, 1.807) is 0 Å². The molecular formula is C12H24N2. The molecule has 0 saturated heterocycles. The summed E-state index contributed by atoms with van der Waals surface area (Å²) >= 11 is 0. The molecule has 0 amide bonds. The van der Waals surface area contributed by atoms with Crippen LogP contribution in [0, 0.1) is 17.8 Å². The molecule has 0 radical (unpaired) electrons. The summed E-state index contributed by atoms with van der Waals surface area (Å²) in [5.74, 6) is 2.76. The lowest BCUT2D eigenvalue weighted by molar-refractivity contribution is 0.224. The fourth-order valence-electron chi connectivity index (χ4n) is 2.45. The monoisotopic (exact) mass is 196 g/mol. The Hall–Kier alpha value is -0.0800. The van der Waals surface area contributed by atoms with Crippen molar-refractivity contribution in [3.05, 3.63) is 0 Å². The second kappa shape index (κ2) is 4.63. The van der Waals surface area contributed by atoms with Gasteiger partial charge in [-0.1, -0.05) is 13.3 Å². The summed E-state index contributed by atoms with van der Waals surface area (Å²) in [5.41, 5.74) is 5.80. The summed E-state index contributed by atoms with van der Waals surface area (Å²) < 4.78 is 0. The van der Waals surface area contributed by atoms with Crippen molar-refractivity contribution in [1.82, 2.24) is 5.32 Å². The van der Waals surface area contributed by atoms with Crippen LogP contribution in [0.25, 0.3) is 0 Å². The highest BCUT2D eigenvalue weighted by Crippen LogP contribution is 2.36. The molecular weight excluding hydrogens is 172 g/mol. The Morgan fingerprint density at radius 1 is 1.21 bits per heavy atom. The molecule has 0 aromatic heterocycles. The zero-order valence-electron chi connectivity index (χ0n) is 9.34. The molecule has 2 heteroatoms. The Labute approximate surface area is 87.6 Å². The van der Waals surface area contributed by atoms with Crippen molar-refractivity contribution in [2.45, 2.75) is 45.1 Å². The number of nitrogens with two attached hydrogens (primary N) is 1. The van der Waals surface area contributed by atoms with Crippen LogP contribution in [-0.4, -0.2) is 19.1 Å². The minimum absolute atomic E-state index is 0.602. The molecule has 0 heterocycles. The number of rotatable bonds is 6. The Morgan fingerprint density at radius 3 is 2.36 bits per heavy atom. The molecule has 3 N–H and O–H groups in total. The summed E-state index contributed by atoms with van der Waals surface area (Å²) in [6, 6.07) is 0.602. The Morgan fingerprint density at radius 2 is 1.93 bits per heavy atom. The first-order valence-electron chi connectivity index (χ1n) is 6.24. The first kappa shape index (κ1) is 10.4. The van der Waals surface area contributed by atoms with Crippen molar-refractivity contribution < 1.29 is 0 Å². The Balaban J connectivity index is 1.65. The maximum atomic E-state index is 5.80. The van der Waals surface area contributed by atoms with Gasteiger partial charge in [-0.3, -0.25) is 0 Å². The molecule has 14 heavy (non-hydrogen) atoms. The predicted octanol–water partition coefficient (Wildman–Crippen LogP) is 1.75. The van der Waals surface area contributed by atoms with Crippen molar-refractivity contribution in [2.24, 2.45) is 23.5 Å². The maximum absolute atomic E-state index is 5.80. The molecule has 0 spiro atoms. The van der Waals surface area contributed by atoms with Gasteiger partial charge in [-0.15, -0.1) is 0 Å². The first-order valence-corrected chi connectivity index (χ1v) is 6.24. The van der Waals surface area contributed by atoms with Crippen LogP contribution in [-0.2, 0) is 0 Å². The summed E-state index contributed by atoms with van der Waals surface area (Å²) in [6.07, 6.45) is 7.12. The SMILES string of the molecule is CC(CNC(CN)C1CCC1)C1CC1. The molecule has 82 valence electrons. The fraction of sp³-hybridized carbons (Fsp3) is 1.00. The van der Waals surface area contributed by atoms with Crippen LogP contribution < -0.4 is 11.1 Å². The van der Waals surface area contributed by atoms with Crippen LogP contribution in [0.2, 0.25) is 0 Å². The molecule has 2 fully saturated rings. The maximum Gasteiger partial charge on any atom is 0.0218 e. The molecule has 0 bridgehead atoms. The third-order valence-electron chi connectivity index (χ3n) is 4.10. The van der Waals surface area contributed by atoms with Gasteiger partial charge in [0.1, 0.15) is 0 Å². The van der Waals surface area contributed by atoms with Gasteiger partial charge in [0.15, 0.2) is 0 Å². The van der Waals surface area contributed by atoms with Crippen molar-refractivity contribution >= 4 is 0 Å². The van der Waals surface area contributed by atoms with E-state index in [9.17, 15) is 0 Å². The topological polar surface area (TPSA) is 38.0 Å². The van der Waals surface area contributed by atoms with E-state index in [0.29, 0.717) is 6.04 Å². The molecule has 0 aromatic carbocycles. The van der Waals surface area contributed by atoms with Crippen LogP contribution in [0.5, 0.6) is 0 Å². The van der Waals surface area contributed by atoms with E-state index in [-0.39, 0.29) is 0 Å². The van der Waals surface area contributed by atoms with Gasteiger partial charge in [-0.05, 0) is 50.0 Å². The summed E-state index contributed by atoms with van der Waals surface area (Å²) in [5, 5.41) is 3.67. The van der Waals surface area contributed by atoms with E-state index in [0.717, 1.165) is 24.3 Å². The molecule has 0 aliphatic heterocycles. The van der Waals surface area contributed by atoms with Gasteiger partial charge in [-0.25, -0.2) is 0 Å². The zero-order chi connectivity index (χ0) is 9.97. The van der Waals surface area contributed by atoms with Gasteiger partial charge >= 0.3 is 0 Å². The highest BCUT2D eigenvalue weighted by Gasteiger charge is 2.30. The van der Waals surface area contributed by atoms with E-state index in [4.69, 9.17) is 5.73 Å². The average molecular weight is 196 g/mol. The standard InChI is InChI=1S/C12H24N2/c1-9(10-5-6-10)8-14-12(7-13)11-3-2-4-11/h9-12,14H,2-8,13H2,1H3. The highest BCUT2D eigenvalue weighted by atomic mass is 14.9. The predicted molar refractivity (Wildman–Crippen MR) is 60.1 cm³/mol. The molecule has 2 aliphatic carbocycles. The lowest BCUT2D eigenvalue weighted by Gasteiger charge is -2.34. The van der Waals surface area contributed by atoms with Gasteiger partial charge in [0.05, 0.1) is 0 Å². The van der Waals surface area contributed by atoms with Crippen molar-refractivity contribution in [3.8, 4) is 0 Å². The minimum atomic E-state index is 0.602. The van der Waals surface area contributed by atoms with Crippen molar-refractivity contribution in [1.29, 1.82) is 0 Å². The molecule has 2 rings (SSSR count). The zero-order valence-corrected chi connectivity index (χ0v) is 9.34. The van der Waals surface area contributed by atoms with E-state index >= 15 is 0 Å². The second-order valence-corrected chi connectivity index (χ2v) is 5.26. The van der Waals surface area contributed by atoms with Crippen molar-refractivity contribution in [3.63, 3.8) is 0 Å². The Bertz CT molecular complexity index is 173. The van der Waals surface area contributed by atoms with Gasteiger partial charge in [-0.2, -0.15) is 0 Å². The lowest BCUT2D eigenvalue weighted by Crippen LogP contribution is -2.46. The summed E-state index contributed by atoms with van der Waals surface area (Å²) in [6.45, 7) is 4.38. The van der Waals surface area contributed by atoms with E-state index in [1.165, 1.54) is 38.6 Å². The molecule has 2 atom stereocenters. The van der Waals surface area contributed by atoms with E-state index in [2.05, 4.69) is 12.2 Å². The largest absolute Gasteiger partial charge is 0.329 e. The number of nitrogens with one attached hydrogen (secondary N) is 1. The van der Waals surface area contributed by atoms with E-state index in [1.807, 2.05) is 0 Å². The van der Waals surface area contributed by atoms with E-state index < -0.39 is 0 Å². The first-order chi connectivity index (χ1) is 6.81. The molecule has 0 aromatic rings. The molecule has 2 aliphatic rings. The number of hydrogen-bond acceptors (Lipinski definition) is 2. The number of hydrogen-bond donors (Lipinski definition) is 2. The third kappa shape index (κ3) is 2.48. The molecule has 2 unspecified atom stereocenters. The summed E-state index contributed by atoms with van der Waals surface area (Å²) in [7, 11) is 0. The lowest BCUT2D eigenvalue weighted by atomic mass is 9.79. The summed E-state index contributed by atoms with van der Waals surface area (Å²) in [4.78, 5) is 0. The van der Waals surface area contributed by atoms with Crippen LogP contribution in [0.15, 0.2) is 0 Å². The fourth-order valence-corrected chi connectivity index (χ4v) is 2.45. The van der Waals surface area contributed by atoms with Crippen LogP contribution in [0.3, 0.4) is 0 Å². The minimum Gasteiger partial charge on any atom is -0.329 e. The quantitative estimate of drug-likeness (QED) is 0.679. The van der Waals surface area contributed by atoms with Crippen molar-refractivity contribution in [2.75, 3.05) is 13.1 Å². The third-order valence-corrected chi connectivity index (χ3v) is 4.10. The van der Waals surface area contributed by atoms with Gasteiger partial charge in [0, 0.05) is 12.6 Å². The smallest absolute Gasteiger partial charge is 0.0218 e. The average Bonchev–Trinajstić information content (AvgIpc) is 2.90. The van der Waals surface area contributed by atoms with Gasteiger partial charge < -0.3 is 11.1 Å². The van der Waals surface area contributed by atoms with Gasteiger partial charge in [0.2, 0.25) is 0 Å². The molecule has 2 nitrogen and oxygen atoms in total. The normalized spacial score (nSPS) is 27.0. The molecule has 2 saturated carbocycles. The van der Waals surface area contributed by atoms with Crippen LogP contribution in [0.4, 0.5) is 0 Å². The Kier molecular flexibility index (Phi) is 3.45. The highest BCUT2D eigenvalue weighted by molar-refractivity contribution is 4.86. The second-order valence-electron chi connectivity index (χ2n) is 5.26. The van der Waals surface area contributed by atoms with Crippen LogP contribution in [0.1, 0.15) is 39.0 Å². The van der Waals surface area contributed by atoms with Gasteiger partial charge in [0.25, 0.3) is 0 Å². The van der Waals surface area contributed by atoms with Crippen LogP contribution >= 0.6 is 0 Å².